The predicted octanol–water partition coefficient (Wildman–Crippen LogP) is 3.26. The molecule has 0 saturated heterocycles. The van der Waals surface area contributed by atoms with Crippen LogP contribution in [0.4, 0.5) is 11.5 Å². The topological polar surface area (TPSA) is 119 Å². The number of aliphatic hydroxyl groups excluding tert-OH is 1. The van der Waals surface area contributed by atoms with Crippen LogP contribution in [-0.4, -0.2) is 39.6 Å². The maximum absolute atomic E-state index is 9.25. The van der Waals surface area contributed by atoms with Crippen molar-refractivity contribution in [3.63, 3.8) is 0 Å². The minimum atomic E-state index is -0.206. The molecule has 1 fully saturated rings. The molecule has 1 aromatic carbocycles. The summed E-state index contributed by atoms with van der Waals surface area (Å²) in [7, 11) is 0. The Hall–Kier alpha value is -2.03. The van der Waals surface area contributed by atoms with Gasteiger partial charge in [0.15, 0.2) is 0 Å². The second-order valence-corrected chi connectivity index (χ2v) is 9.74. The number of nitrogens with zero attached hydrogens (tertiary/aromatic N) is 2. The molecule has 1 aromatic heterocycles. The van der Waals surface area contributed by atoms with Gasteiger partial charge in [-0.2, -0.15) is 0 Å². The molecule has 0 bridgehead atoms. The number of ether oxygens (including phenoxy) is 1. The molecule has 8 heteroatoms. The highest BCUT2D eigenvalue weighted by Crippen LogP contribution is 2.49. The van der Waals surface area contributed by atoms with Gasteiger partial charge in [0, 0.05) is 22.9 Å². The van der Waals surface area contributed by atoms with E-state index in [0.29, 0.717) is 11.6 Å². The van der Waals surface area contributed by atoms with E-state index in [9.17, 15) is 5.11 Å². The maximum atomic E-state index is 9.25. The van der Waals surface area contributed by atoms with Gasteiger partial charge in [0.2, 0.25) is 0 Å². The molecule has 0 radical (unpaired) electrons. The zero-order valence-electron chi connectivity index (χ0n) is 17.6. The molecule has 2 aliphatic carbocycles. The highest BCUT2D eigenvalue weighted by molar-refractivity contribution is 8.00. The standard InChI is InChI=1S/C22H31N5O2S/c1-22(2)11-16-15(20-18(22)21(24)26-12-25-20)7-8-17(19(16)27-30-10-9-28)29-14-5-3-13(23)4-6-14/h7-8,12-14,27-28H,3-6,9-11,23H2,1-2H3,(H2,24,25,26). The van der Waals surface area contributed by atoms with E-state index in [1.807, 2.05) is 6.07 Å². The van der Waals surface area contributed by atoms with Crippen LogP contribution in [-0.2, 0) is 11.8 Å². The van der Waals surface area contributed by atoms with E-state index >= 15 is 0 Å². The Morgan fingerprint density at radius 3 is 2.73 bits per heavy atom. The third kappa shape index (κ3) is 4.08. The number of nitrogens with two attached hydrogens (primary N) is 2. The Morgan fingerprint density at radius 1 is 1.23 bits per heavy atom. The fourth-order valence-corrected chi connectivity index (χ4v) is 5.16. The molecule has 30 heavy (non-hydrogen) atoms. The first-order valence-electron chi connectivity index (χ1n) is 10.6. The van der Waals surface area contributed by atoms with E-state index in [1.165, 1.54) is 23.8 Å². The van der Waals surface area contributed by atoms with Gasteiger partial charge in [0.1, 0.15) is 17.9 Å². The summed E-state index contributed by atoms with van der Waals surface area (Å²) in [5, 5.41) is 9.25. The van der Waals surface area contributed by atoms with Crippen molar-refractivity contribution < 1.29 is 9.84 Å². The number of fused-ring (bicyclic) bond motifs is 3. The average Bonchev–Trinajstić information content (AvgIpc) is 2.71. The molecular weight excluding hydrogens is 398 g/mol. The van der Waals surface area contributed by atoms with Gasteiger partial charge >= 0.3 is 0 Å². The molecular formula is C22H31N5O2S. The van der Waals surface area contributed by atoms with Crippen LogP contribution in [0, 0.1) is 0 Å². The Morgan fingerprint density at radius 2 is 2.00 bits per heavy atom. The van der Waals surface area contributed by atoms with E-state index < -0.39 is 0 Å². The number of benzene rings is 1. The molecule has 2 aromatic rings. The summed E-state index contributed by atoms with van der Waals surface area (Å²) in [6, 6.07) is 4.39. The summed E-state index contributed by atoms with van der Waals surface area (Å²) >= 11 is 1.48. The third-order valence-corrected chi connectivity index (χ3v) is 6.82. The number of hydrogen-bond donors (Lipinski definition) is 4. The second-order valence-electron chi connectivity index (χ2n) is 8.84. The van der Waals surface area contributed by atoms with E-state index in [-0.39, 0.29) is 24.2 Å². The summed E-state index contributed by atoms with van der Waals surface area (Å²) in [5.74, 6) is 1.98. The van der Waals surface area contributed by atoms with Gasteiger partial charge < -0.3 is 26.0 Å². The van der Waals surface area contributed by atoms with Gasteiger partial charge in [0.05, 0.1) is 24.1 Å². The SMILES string of the molecule is CC1(C)Cc2c(ccc(OC3CCC(N)CC3)c2NSCCO)-c2ncnc(N)c21. The first-order chi connectivity index (χ1) is 14.4. The van der Waals surface area contributed by atoms with E-state index in [1.54, 1.807) is 0 Å². The minimum absolute atomic E-state index is 0.113. The van der Waals surface area contributed by atoms with E-state index in [4.69, 9.17) is 16.2 Å². The van der Waals surface area contributed by atoms with Crippen molar-refractivity contribution in [1.29, 1.82) is 0 Å². The Labute approximate surface area is 182 Å². The van der Waals surface area contributed by atoms with Gasteiger partial charge in [-0.05, 0) is 55.2 Å². The smallest absolute Gasteiger partial charge is 0.143 e. The van der Waals surface area contributed by atoms with Gasteiger partial charge in [-0.15, -0.1) is 0 Å². The van der Waals surface area contributed by atoms with Crippen molar-refractivity contribution >= 4 is 23.5 Å². The van der Waals surface area contributed by atoms with Crippen LogP contribution in [0.5, 0.6) is 5.75 Å². The molecule has 4 rings (SSSR count). The zero-order valence-corrected chi connectivity index (χ0v) is 18.5. The second kappa shape index (κ2) is 8.61. The number of aliphatic hydroxyl groups is 1. The lowest BCUT2D eigenvalue weighted by molar-refractivity contribution is 0.148. The summed E-state index contributed by atoms with van der Waals surface area (Å²) in [4.78, 5) is 8.82. The summed E-state index contributed by atoms with van der Waals surface area (Å²) < 4.78 is 9.92. The van der Waals surface area contributed by atoms with Crippen LogP contribution in [0.1, 0.15) is 50.7 Å². The van der Waals surface area contributed by atoms with Gasteiger partial charge in [-0.25, -0.2) is 9.97 Å². The lowest BCUT2D eigenvalue weighted by atomic mass is 9.71. The highest BCUT2D eigenvalue weighted by atomic mass is 32.2. The van der Waals surface area contributed by atoms with Crippen molar-refractivity contribution in [2.75, 3.05) is 22.8 Å². The van der Waals surface area contributed by atoms with Crippen molar-refractivity contribution in [3.05, 3.63) is 29.6 Å². The third-order valence-electron chi connectivity index (χ3n) is 6.08. The molecule has 1 heterocycles. The Balaban J connectivity index is 1.75. The van der Waals surface area contributed by atoms with E-state index in [0.717, 1.165) is 60.4 Å². The summed E-state index contributed by atoms with van der Waals surface area (Å²) in [6.07, 6.45) is 6.43. The monoisotopic (exact) mass is 429 g/mol. The van der Waals surface area contributed by atoms with Crippen molar-refractivity contribution in [3.8, 4) is 17.0 Å². The molecule has 1 saturated carbocycles. The van der Waals surface area contributed by atoms with Crippen molar-refractivity contribution in [2.45, 2.75) is 63.5 Å². The molecule has 7 nitrogen and oxygen atoms in total. The summed E-state index contributed by atoms with van der Waals surface area (Å²) in [5.41, 5.74) is 17.2. The van der Waals surface area contributed by atoms with Crippen molar-refractivity contribution in [2.24, 2.45) is 5.73 Å². The number of nitrogen functional groups attached to an aromatic ring is 1. The molecule has 6 N–H and O–H groups in total. The molecule has 0 spiro atoms. The Bertz CT molecular complexity index is 913. The van der Waals surface area contributed by atoms with Gasteiger partial charge in [0.25, 0.3) is 0 Å². The number of hydrogen-bond acceptors (Lipinski definition) is 8. The average molecular weight is 430 g/mol. The molecule has 0 unspecified atom stereocenters. The van der Waals surface area contributed by atoms with Gasteiger partial charge in [-0.3, -0.25) is 0 Å². The number of aromatic nitrogens is 2. The van der Waals surface area contributed by atoms with Crippen molar-refractivity contribution in [1.82, 2.24) is 9.97 Å². The zero-order chi connectivity index (χ0) is 21.3. The maximum Gasteiger partial charge on any atom is 0.143 e. The number of rotatable bonds is 6. The highest BCUT2D eigenvalue weighted by Gasteiger charge is 2.36. The number of nitrogens with one attached hydrogen (secondary N) is 1. The summed E-state index contributed by atoms with van der Waals surface area (Å²) in [6.45, 7) is 4.46. The van der Waals surface area contributed by atoms with Crippen LogP contribution in [0.25, 0.3) is 11.3 Å². The Kier molecular flexibility index (Phi) is 6.09. The first-order valence-corrected chi connectivity index (χ1v) is 11.6. The van der Waals surface area contributed by atoms with Gasteiger partial charge in [-0.1, -0.05) is 25.8 Å². The number of anilines is 2. The fraction of sp³-hybridized carbons (Fsp3) is 0.545. The minimum Gasteiger partial charge on any atom is -0.488 e. The molecule has 0 atom stereocenters. The lowest BCUT2D eigenvalue weighted by Gasteiger charge is -2.36. The van der Waals surface area contributed by atoms with E-state index in [2.05, 4.69) is 34.6 Å². The normalized spacial score (nSPS) is 22.1. The largest absolute Gasteiger partial charge is 0.488 e. The molecule has 0 aliphatic heterocycles. The van der Waals surface area contributed by atoms with Crippen LogP contribution < -0.4 is 20.9 Å². The fourth-order valence-electron chi connectivity index (χ4n) is 4.60. The molecule has 2 aliphatic rings. The molecule has 0 amide bonds. The van der Waals surface area contributed by atoms with Crippen LogP contribution >= 0.6 is 11.9 Å². The first kappa shape index (κ1) is 21.2. The lowest BCUT2D eigenvalue weighted by Crippen LogP contribution is -2.32. The van der Waals surface area contributed by atoms with Crippen LogP contribution in [0.3, 0.4) is 0 Å². The molecule has 162 valence electrons. The quantitative estimate of drug-likeness (QED) is 0.408. The predicted molar refractivity (Wildman–Crippen MR) is 123 cm³/mol. The van der Waals surface area contributed by atoms with Crippen LogP contribution in [0.15, 0.2) is 18.5 Å². The van der Waals surface area contributed by atoms with Crippen LogP contribution in [0.2, 0.25) is 0 Å².